The Morgan fingerprint density at radius 3 is 2.67 bits per heavy atom. The molecule has 0 atom stereocenters. The molecule has 15 heavy (non-hydrogen) atoms. The van der Waals surface area contributed by atoms with Crippen molar-refractivity contribution in [1.82, 2.24) is 4.90 Å². The Bertz CT molecular complexity index is 332. The van der Waals surface area contributed by atoms with Gasteiger partial charge in [0.2, 0.25) is 0 Å². The van der Waals surface area contributed by atoms with E-state index in [4.69, 9.17) is 5.73 Å². The Morgan fingerprint density at radius 1 is 1.20 bits per heavy atom. The number of anilines is 1. The lowest BCUT2D eigenvalue weighted by Crippen LogP contribution is -2.29. The fourth-order valence-corrected chi connectivity index (χ4v) is 2.07. The van der Waals surface area contributed by atoms with E-state index in [1.54, 1.807) is 12.1 Å². The molecule has 2 rings (SSSR count). The number of nitrogen functional groups attached to an aromatic ring is 1. The summed E-state index contributed by atoms with van der Waals surface area (Å²) in [6, 6.07) is 4.80. The van der Waals surface area contributed by atoms with Crippen LogP contribution in [-0.2, 0) is 6.54 Å². The largest absolute Gasteiger partial charge is 0.399 e. The number of nitrogens with zero attached hydrogens (tertiary/aromatic N) is 1. The lowest BCUT2D eigenvalue weighted by molar-refractivity contribution is 0.218. The molecule has 1 aliphatic rings. The van der Waals surface area contributed by atoms with E-state index >= 15 is 0 Å². The van der Waals surface area contributed by atoms with E-state index in [9.17, 15) is 4.39 Å². The highest BCUT2D eigenvalue weighted by molar-refractivity contribution is 5.41. The van der Waals surface area contributed by atoms with E-state index in [0.29, 0.717) is 12.2 Å². The summed E-state index contributed by atoms with van der Waals surface area (Å²) in [5.41, 5.74) is 7.01. The summed E-state index contributed by atoms with van der Waals surface area (Å²) in [6.07, 6.45) is 3.75. The fourth-order valence-electron chi connectivity index (χ4n) is 2.07. The third-order valence-corrected chi connectivity index (χ3v) is 2.91. The SMILES string of the molecule is Nc1ccc(F)c(CN2CCCCC2)c1. The zero-order valence-electron chi connectivity index (χ0n) is 8.88. The van der Waals surface area contributed by atoms with Gasteiger partial charge in [-0.15, -0.1) is 0 Å². The van der Waals surface area contributed by atoms with Crippen LogP contribution in [0.4, 0.5) is 10.1 Å². The minimum Gasteiger partial charge on any atom is -0.399 e. The second-order valence-electron chi connectivity index (χ2n) is 4.19. The van der Waals surface area contributed by atoms with Crippen molar-refractivity contribution in [3.05, 3.63) is 29.6 Å². The van der Waals surface area contributed by atoms with Crippen molar-refractivity contribution in [3.8, 4) is 0 Å². The van der Waals surface area contributed by atoms with E-state index in [0.717, 1.165) is 18.7 Å². The normalized spacial score (nSPS) is 17.9. The summed E-state index contributed by atoms with van der Waals surface area (Å²) < 4.78 is 13.4. The number of piperidine rings is 1. The smallest absolute Gasteiger partial charge is 0.127 e. The van der Waals surface area contributed by atoms with Crippen LogP contribution in [0.5, 0.6) is 0 Å². The van der Waals surface area contributed by atoms with E-state index in [1.165, 1.54) is 25.3 Å². The Labute approximate surface area is 89.9 Å². The molecule has 1 heterocycles. The van der Waals surface area contributed by atoms with Gasteiger partial charge in [0.15, 0.2) is 0 Å². The van der Waals surface area contributed by atoms with Crippen LogP contribution in [-0.4, -0.2) is 18.0 Å². The molecule has 3 heteroatoms. The number of rotatable bonds is 2. The maximum atomic E-state index is 13.4. The number of hydrogen-bond acceptors (Lipinski definition) is 2. The third-order valence-electron chi connectivity index (χ3n) is 2.91. The van der Waals surface area contributed by atoms with Gasteiger partial charge in [0.1, 0.15) is 5.82 Å². The van der Waals surface area contributed by atoms with Crippen LogP contribution in [0.25, 0.3) is 0 Å². The van der Waals surface area contributed by atoms with Gasteiger partial charge in [0.25, 0.3) is 0 Å². The molecular weight excluding hydrogens is 191 g/mol. The molecule has 0 aliphatic carbocycles. The number of nitrogens with two attached hydrogens (primary N) is 1. The number of halogens is 1. The van der Waals surface area contributed by atoms with Crippen molar-refractivity contribution in [2.45, 2.75) is 25.8 Å². The van der Waals surface area contributed by atoms with Gasteiger partial charge in [-0.05, 0) is 44.1 Å². The van der Waals surface area contributed by atoms with Gasteiger partial charge < -0.3 is 5.73 Å². The average molecular weight is 208 g/mol. The predicted molar refractivity (Wildman–Crippen MR) is 59.9 cm³/mol. The monoisotopic (exact) mass is 208 g/mol. The van der Waals surface area contributed by atoms with Crippen LogP contribution in [0.3, 0.4) is 0 Å². The molecule has 1 saturated heterocycles. The molecule has 2 nitrogen and oxygen atoms in total. The second kappa shape index (κ2) is 4.62. The lowest BCUT2D eigenvalue weighted by Gasteiger charge is -2.26. The standard InChI is InChI=1S/C12H17FN2/c13-12-5-4-11(14)8-10(12)9-15-6-2-1-3-7-15/h4-5,8H,1-3,6-7,9,14H2. The van der Waals surface area contributed by atoms with Crippen molar-refractivity contribution >= 4 is 5.69 Å². The summed E-state index contributed by atoms with van der Waals surface area (Å²) in [4.78, 5) is 2.29. The molecule has 0 unspecified atom stereocenters. The Kier molecular flexibility index (Phi) is 3.21. The van der Waals surface area contributed by atoms with Crippen molar-refractivity contribution in [1.29, 1.82) is 0 Å². The molecular formula is C12H17FN2. The van der Waals surface area contributed by atoms with Gasteiger partial charge in [-0.3, -0.25) is 4.90 Å². The number of hydrogen-bond donors (Lipinski definition) is 1. The van der Waals surface area contributed by atoms with Crippen LogP contribution in [0, 0.1) is 5.82 Å². The maximum absolute atomic E-state index is 13.4. The number of likely N-dealkylation sites (tertiary alicyclic amines) is 1. The van der Waals surface area contributed by atoms with E-state index in [1.807, 2.05) is 0 Å². The highest BCUT2D eigenvalue weighted by Crippen LogP contribution is 2.17. The molecule has 0 amide bonds. The first kappa shape index (κ1) is 10.4. The van der Waals surface area contributed by atoms with Crippen LogP contribution in [0.15, 0.2) is 18.2 Å². The number of benzene rings is 1. The van der Waals surface area contributed by atoms with Crippen LogP contribution >= 0.6 is 0 Å². The van der Waals surface area contributed by atoms with Crippen molar-refractivity contribution in [2.75, 3.05) is 18.8 Å². The zero-order valence-corrected chi connectivity index (χ0v) is 8.88. The lowest BCUT2D eigenvalue weighted by atomic mass is 10.1. The minimum absolute atomic E-state index is 0.144. The summed E-state index contributed by atoms with van der Waals surface area (Å²) in [7, 11) is 0. The summed E-state index contributed by atoms with van der Waals surface area (Å²) in [5, 5.41) is 0. The highest BCUT2D eigenvalue weighted by atomic mass is 19.1. The van der Waals surface area contributed by atoms with Crippen molar-refractivity contribution in [3.63, 3.8) is 0 Å². The van der Waals surface area contributed by atoms with Gasteiger partial charge in [0, 0.05) is 17.8 Å². The minimum atomic E-state index is -0.144. The Balaban J connectivity index is 2.05. The fraction of sp³-hybridized carbons (Fsp3) is 0.500. The van der Waals surface area contributed by atoms with E-state index < -0.39 is 0 Å². The first-order valence-electron chi connectivity index (χ1n) is 5.52. The molecule has 1 aromatic rings. The maximum Gasteiger partial charge on any atom is 0.127 e. The first-order valence-corrected chi connectivity index (χ1v) is 5.52. The van der Waals surface area contributed by atoms with Crippen molar-refractivity contribution < 1.29 is 4.39 Å². The van der Waals surface area contributed by atoms with E-state index in [-0.39, 0.29) is 5.82 Å². The molecule has 1 aromatic carbocycles. The third kappa shape index (κ3) is 2.69. The van der Waals surface area contributed by atoms with Gasteiger partial charge in [-0.25, -0.2) is 4.39 Å². The van der Waals surface area contributed by atoms with Gasteiger partial charge in [0.05, 0.1) is 0 Å². The molecule has 2 N–H and O–H groups in total. The van der Waals surface area contributed by atoms with Crippen LogP contribution in [0.1, 0.15) is 24.8 Å². The molecule has 82 valence electrons. The Hall–Kier alpha value is -1.09. The van der Waals surface area contributed by atoms with Gasteiger partial charge >= 0.3 is 0 Å². The summed E-state index contributed by atoms with van der Waals surface area (Å²) in [5.74, 6) is -0.144. The molecule has 0 radical (unpaired) electrons. The molecule has 1 aliphatic heterocycles. The van der Waals surface area contributed by atoms with E-state index in [2.05, 4.69) is 4.90 Å². The molecule has 0 bridgehead atoms. The molecule has 1 fully saturated rings. The van der Waals surface area contributed by atoms with Crippen LogP contribution in [0.2, 0.25) is 0 Å². The second-order valence-corrected chi connectivity index (χ2v) is 4.19. The molecule has 0 aromatic heterocycles. The topological polar surface area (TPSA) is 29.3 Å². The van der Waals surface area contributed by atoms with Crippen LogP contribution < -0.4 is 5.73 Å². The highest BCUT2D eigenvalue weighted by Gasteiger charge is 2.12. The predicted octanol–water partition coefficient (Wildman–Crippen LogP) is 2.39. The summed E-state index contributed by atoms with van der Waals surface area (Å²) in [6.45, 7) is 2.85. The van der Waals surface area contributed by atoms with Gasteiger partial charge in [-0.1, -0.05) is 6.42 Å². The Morgan fingerprint density at radius 2 is 1.93 bits per heavy atom. The zero-order chi connectivity index (χ0) is 10.7. The average Bonchev–Trinajstić information content (AvgIpc) is 2.25. The molecule has 0 saturated carbocycles. The molecule has 0 spiro atoms. The quantitative estimate of drug-likeness (QED) is 0.756. The van der Waals surface area contributed by atoms with Crippen molar-refractivity contribution in [2.24, 2.45) is 0 Å². The summed E-state index contributed by atoms with van der Waals surface area (Å²) >= 11 is 0. The first-order chi connectivity index (χ1) is 7.25. The van der Waals surface area contributed by atoms with Gasteiger partial charge in [-0.2, -0.15) is 0 Å².